The van der Waals surface area contributed by atoms with Crippen LogP contribution < -0.4 is 10.6 Å². The summed E-state index contributed by atoms with van der Waals surface area (Å²) < 4.78 is 14.0. The van der Waals surface area contributed by atoms with Crippen LogP contribution >= 0.6 is 22.6 Å². The standard InChI is InChI=1S/C8H8FIN2O/c1-12(8(11)13)7-3-2-5(10)4-6(7)9/h2-4H,1H3,(H2,11,13). The second kappa shape index (κ2) is 3.91. The highest BCUT2D eigenvalue weighted by atomic mass is 127. The first kappa shape index (κ1) is 10.2. The van der Waals surface area contributed by atoms with E-state index in [1.54, 1.807) is 6.07 Å². The lowest BCUT2D eigenvalue weighted by molar-refractivity contribution is 0.255. The summed E-state index contributed by atoms with van der Waals surface area (Å²) >= 11 is 1.99. The van der Waals surface area contributed by atoms with Crippen molar-refractivity contribution >= 4 is 34.3 Å². The van der Waals surface area contributed by atoms with Crippen LogP contribution in [-0.2, 0) is 0 Å². The molecular weight excluding hydrogens is 286 g/mol. The maximum Gasteiger partial charge on any atom is 0.319 e. The molecule has 0 saturated heterocycles. The highest BCUT2D eigenvalue weighted by Crippen LogP contribution is 2.19. The van der Waals surface area contributed by atoms with Crippen molar-refractivity contribution in [2.24, 2.45) is 5.73 Å². The number of halogens is 2. The van der Waals surface area contributed by atoms with Crippen LogP contribution in [0.3, 0.4) is 0 Å². The quantitative estimate of drug-likeness (QED) is 0.791. The summed E-state index contributed by atoms with van der Waals surface area (Å²) in [6.07, 6.45) is 0. The lowest BCUT2D eigenvalue weighted by Crippen LogP contribution is -2.32. The molecule has 1 aromatic rings. The minimum atomic E-state index is -0.680. The Hall–Kier alpha value is -0.850. The maximum absolute atomic E-state index is 13.2. The van der Waals surface area contributed by atoms with Crippen LogP contribution in [0.5, 0.6) is 0 Å². The number of rotatable bonds is 1. The van der Waals surface area contributed by atoms with Gasteiger partial charge in [0.2, 0.25) is 0 Å². The van der Waals surface area contributed by atoms with E-state index in [0.29, 0.717) is 0 Å². The zero-order valence-electron chi connectivity index (χ0n) is 6.92. The lowest BCUT2D eigenvalue weighted by Gasteiger charge is -2.14. The van der Waals surface area contributed by atoms with Crippen LogP contribution in [0.1, 0.15) is 0 Å². The minimum absolute atomic E-state index is 0.188. The molecule has 13 heavy (non-hydrogen) atoms. The molecule has 0 atom stereocenters. The van der Waals surface area contributed by atoms with Crippen molar-refractivity contribution in [1.82, 2.24) is 0 Å². The van der Waals surface area contributed by atoms with Crippen LogP contribution in [0.2, 0.25) is 0 Å². The van der Waals surface area contributed by atoms with Crippen molar-refractivity contribution in [2.45, 2.75) is 0 Å². The lowest BCUT2D eigenvalue weighted by atomic mass is 10.3. The van der Waals surface area contributed by atoms with E-state index in [1.165, 1.54) is 19.2 Å². The fraction of sp³-hybridized carbons (Fsp3) is 0.125. The number of carbonyl (C=O) groups is 1. The van der Waals surface area contributed by atoms with Gasteiger partial charge in [-0.1, -0.05) is 0 Å². The Kier molecular flexibility index (Phi) is 3.07. The fourth-order valence-corrected chi connectivity index (χ4v) is 1.33. The number of carbonyl (C=O) groups excluding carboxylic acids is 1. The molecule has 0 aliphatic carbocycles. The topological polar surface area (TPSA) is 46.3 Å². The SMILES string of the molecule is CN(C(N)=O)c1ccc(I)cc1F. The Bertz CT molecular complexity index is 343. The molecule has 0 radical (unpaired) electrons. The third kappa shape index (κ3) is 2.30. The molecule has 0 spiro atoms. The third-order valence-corrected chi connectivity index (χ3v) is 2.27. The summed E-state index contributed by atoms with van der Waals surface area (Å²) in [5.41, 5.74) is 5.18. The van der Waals surface area contributed by atoms with Crippen LogP contribution in [0, 0.1) is 9.39 Å². The summed E-state index contributed by atoms with van der Waals surface area (Å²) in [6.45, 7) is 0. The number of primary amides is 1. The van der Waals surface area contributed by atoms with Gasteiger partial charge in [-0.25, -0.2) is 9.18 Å². The Morgan fingerprint density at radius 3 is 2.69 bits per heavy atom. The molecule has 1 aromatic carbocycles. The van der Waals surface area contributed by atoms with Gasteiger partial charge < -0.3 is 5.73 Å². The monoisotopic (exact) mass is 294 g/mol. The zero-order valence-corrected chi connectivity index (χ0v) is 9.08. The summed E-state index contributed by atoms with van der Waals surface area (Å²) in [5, 5.41) is 0. The van der Waals surface area contributed by atoms with Gasteiger partial charge in [0.05, 0.1) is 5.69 Å². The molecule has 0 aliphatic heterocycles. The van der Waals surface area contributed by atoms with Crippen LogP contribution in [0.25, 0.3) is 0 Å². The summed E-state index contributed by atoms with van der Waals surface area (Å²) in [5.74, 6) is -0.451. The molecule has 3 nitrogen and oxygen atoms in total. The van der Waals surface area contributed by atoms with Gasteiger partial charge in [0, 0.05) is 10.6 Å². The molecule has 0 fully saturated rings. The fourth-order valence-electron chi connectivity index (χ4n) is 0.872. The van der Waals surface area contributed by atoms with E-state index < -0.39 is 11.8 Å². The van der Waals surface area contributed by atoms with E-state index in [2.05, 4.69) is 0 Å². The number of anilines is 1. The third-order valence-electron chi connectivity index (χ3n) is 1.60. The van der Waals surface area contributed by atoms with Gasteiger partial charge in [0.15, 0.2) is 0 Å². The van der Waals surface area contributed by atoms with Crippen molar-refractivity contribution in [3.63, 3.8) is 0 Å². The number of urea groups is 1. The Balaban J connectivity index is 3.08. The van der Waals surface area contributed by atoms with Crippen LogP contribution in [0.4, 0.5) is 14.9 Å². The van der Waals surface area contributed by atoms with Gasteiger partial charge in [-0.05, 0) is 40.8 Å². The van der Waals surface area contributed by atoms with Gasteiger partial charge >= 0.3 is 6.03 Å². The molecule has 0 aliphatic rings. The van der Waals surface area contributed by atoms with Crippen molar-refractivity contribution in [1.29, 1.82) is 0 Å². The molecule has 5 heteroatoms. The number of nitrogens with zero attached hydrogens (tertiary/aromatic N) is 1. The summed E-state index contributed by atoms with van der Waals surface area (Å²) in [6, 6.07) is 3.88. The Morgan fingerprint density at radius 2 is 2.23 bits per heavy atom. The minimum Gasteiger partial charge on any atom is -0.351 e. The number of benzene rings is 1. The molecule has 0 heterocycles. The summed E-state index contributed by atoms with van der Waals surface area (Å²) in [4.78, 5) is 11.8. The van der Waals surface area contributed by atoms with Crippen LogP contribution in [-0.4, -0.2) is 13.1 Å². The predicted molar refractivity (Wildman–Crippen MR) is 57.1 cm³/mol. The van der Waals surface area contributed by atoms with E-state index in [-0.39, 0.29) is 5.69 Å². The first-order chi connectivity index (χ1) is 6.02. The molecule has 0 unspecified atom stereocenters. The summed E-state index contributed by atoms with van der Waals surface area (Å²) in [7, 11) is 1.42. The highest BCUT2D eigenvalue weighted by molar-refractivity contribution is 14.1. The molecule has 2 amide bonds. The number of hydrogen-bond acceptors (Lipinski definition) is 1. The molecule has 0 bridgehead atoms. The van der Waals surface area contributed by atoms with Crippen molar-refractivity contribution in [3.05, 3.63) is 27.6 Å². The molecule has 0 aromatic heterocycles. The van der Waals surface area contributed by atoms with E-state index >= 15 is 0 Å². The first-order valence-corrected chi connectivity index (χ1v) is 4.58. The number of amides is 2. The van der Waals surface area contributed by atoms with Gasteiger partial charge in [0.25, 0.3) is 0 Å². The second-order valence-corrected chi connectivity index (χ2v) is 3.74. The maximum atomic E-state index is 13.2. The van der Waals surface area contributed by atoms with Crippen molar-refractivity contribution in [2.75, 3.05) is 11.9 Å². The van der Waals surface area contributed by atoms with Gasteiger partial charge in [-0.15, -0.1) is 0 Å². The van der Waals surface area contributed by atoms with Gasteiger partial charge in [-0.3, -0.25) is 4.90 Å². The van der Waals surface area contributed by atoms with E-state index in [4.69, 9.17) is 5.73 Å². The highest BCUT2D eigenvalue weighted by Gasteiger charge is 2.11. The average molecular weight is 294 g/mol. The molecule has 2 N–H and O–H groups in total. The van der Waals surface area contributed by atoms with Crippen molar-refractivity contribution in [3.8, 4) is 0 Å². The largest absolute Gasteiger partial charge is 0.351 e. The van der Waals surface area contributed by atoms with E-state index in [0.717, 1.165) is 8.47 Å². The normalized spacial score (nSPS) is 9.77. The van der Waals surface area contributed by atoms with Gasteiger partial charge in [-0.2, -0.15) is 0 Å². The number of hydrogen-bond donors (Lipinski definition) is 1. The molecular formula is C8H8FIN2O. The number of nitrogens with two attached hydrogens (primary N) is 1. The van der Waals surface area contributed by atoms with Crippen molar-refractivity contribution < 1.29 is 9.18 Å². The predicted octanol–water partition coefficient (Wildman–Crippen LogP) is 1.95. The average Bonchev–Trinajstić information content (AvgIpc) is 2.03. The van der Waals surface area contributed by atoms with E-state index in [1.807, 2.05) is 22.6 Å². The van der Waals surface area contributed by atoms with Crippen LogP contribution in [0.15, 0.2) is 18.2 Å². The first-order valence-electron chi connectivity index (χ1n) is 3.50. The second-order valence-electron chi connectivity index (χ2n) is 2.49. The Labute approximate surface area is 88.8 Å². The van der Waals surface area contributed by atoms with Gasteiger partial charge in [0.1, 0.15) is 5.82 Å². The molecule has 1 rings (SSSR count). The Morgan fingerprint density at radius 1 is 1.62 bits per heavy atom. The smallest absolute Gasteiger partial charge is 0.319 e. The molecule has 0 saturated carbocycles. The molecule has 70 valence electrons. The van der Waals surface area contributed by atoms with E-state index in [9.17, 15) is 9.18 Å². The zero-order chi connectivity index (χ0) is 10.0.